The highest BCUT2D eigenvalue weighted by Crippen LogP contribution is 2.27. The Hall–Kier alpha value is -2.56. The molecule has 1 aliphatic rings. The fourth-order valence-corrected chi connectivity index (χ4v) is 3.10. The summed E-state index contributed by atoms with van der Waals surface area (Å²) in [7, 11) is 0. The van der Waals surface area contributed by atoms with E-state index < -0.39 is 0 Å². The predicted molar refractivity (Wildman–Crippen MR) is 94.3 cm³/mol. The first kappa shape index (κ1) is 16.3. The summed E-state index contributed by atoms with van der Waals surface area (Å²) in [6.07, 6.45) is 12.4. The SMILES string of the molecule is CCOC(=O)/C=C/C1CCCCN1c1cccc(-n2ccnc2)c1. The van der Waals surface area contributed by atoms with Crippen LogP contribution in [0.25, 0.3) is 5.69 Å². The third-order valence-corrected chi connectivity index (χ3v) is 4.25. The minimum absolute atomic E-state index is 0.223. The highest BCUT2D eigenvalue weighted by molar-refractivity contribution is 5.82. The van der Waals surface area contributed by atoms with Crippen molar-refractivity contribution in [1.82, 2.24) is 9.55 Å². The van der Waals surface area contributed by atoms with Crippen LogP contribution in [0, 0.1) is 0 Å². The maximum atomic E-state index is 11.6. The number of rotatable bonds is 5. The number of ether oxygens (including phenoxy) is 1. The van der Waals surface area contributed by atoms with Gasteiger partial charge in [-0.05, 0) is 44.4 Å². The van der Waals surface area contributed by atoms with Crippen LogP contribution in [0.15, 0.2) is 55.1 Å². The summed E-state index contributed by atoms with van der Waals surface area (Å²) in [4.78, 5) is 18.1. The quantitative estimate of drug-likeness (QED) is 0.625. The van der Waals surface area contributed by atoms with E-state index in [0.717, 1.165) is 18.7 Å². The number of aromatic nitrogens is 2. The third kappa shape index (κ3) is 3.85. The zero-order valence-electron chi connectivity index (χ0n) is 14.0. The molecule has 126 valence electrons. The van der Waals surface area contributed by atoms with Gasteiger partial charge >= 0.3 is 5.97 Å². The first-order valence-corrected chi connectivity index (χ1v) is 8.48. The van der Waals surface area contributed by atoms with Gasteiger partial charge in [-0.15, -0.1) is 0 Å². The number of imidazole rings is 1. The largest absolute Gasteiger partial charge is 0.463 e. The zero-order chi connectivity index (χ0) is 16.8. The minimum atomic E-state index is -0.268. The molecule has 1 aliphatic heterocycles. The summed E-state index contributed by atoms with van der Waals surface area (Å²) in [5.41, 5.74) is 2.25. The molecule has 0 N–H and O–H groups in total. The third-order valence-electron chi connectivity index (χ3n) is 4.25. The summed E-state index contributed by atoms with van der Waals surface area (Å²) in [5, 5.41) is 0. The average molecular weight is 325 g/mol. The highest BCUT2D eigenvalue weighted by atomic mass is 16.5. The van der Waals surface area contributed by atoms with Crippen LogP contribution in [0.2, 0.25) is 0 Å². The molecule has 0 amide bonds. The molecule has 24 heavy (non-hydrogen) atoms. The Bertz CT molecular complexity index is 694. The van der Waals surface area contributed by atoms with E-state index in [1.807, 2.05) is 23.8 Å². The predicted octanol–water partition coefficient (Wildman–Crippen LogP) is 3.35. The van der Waals surface area contributed by atoms with Gasteiger partial charge in [0.1, 0.15) is 0 Å². The fourth-order valence-electron chi connectivity index (χ4n) is 3.10. The molecule has 0 radical (unpaired) electrons. The summed E-state index contributed by atoms with van der Waals surface area (Å²) in [6.45, 7) is 3.22. The number of carbonyl (C=O) groups excluding carboxylic acids is 1. The monoisotopic (exact) mass is 325 g/mol. The topological polar surface area (TPSA) is 47.4 Å². The number of esters is 1. The molecule has 3 rings (SSSR count). The highest BCUT2D eigenvalue weighted by Gasteiger charge is 2.21. The van der Waals surface area contributed by atoms with Gasteiger partial charge in [-0.1, -0.05) is 12.1 Å². The second-order valence-electron chi connectivity index (χ2n) is 5.86. The molecule has 0 spiro atoms. The second kappa shape index (κ2) is 7.81. The molecule has 1 aromatic heterocycles. The standard InChI is InChI=1S/C19H23N3O2/c1-2-24-19(23)10-9-16-6-3-4-12-22(16)18-8-5-7-17(14-18)21-13-11-20-15-21/h5,7-11,13-16H,2-4,6,12H2,1H3/b10-9+. The summed E-state index contributed by atoms with van der Waals surface area (Å²) >= 11 is 0. The lowest BCUT2D eigenvalue weighted by molar-refractivity contribution is -0.137. The van der Waals surface area contributed by atoms with E-state index in [0.29, 0.717) is 6.61 Å². The lowest BCUT2D eigenvalue weighted by atomic mass is 10.0. The second-order valence-corrected chi connectivity index (χ2v) is 5.86. The average Bonchev–Trinajstić information content (AvgIpc) is 3.15. The van der Waals surface area contributed by atoms with Crippen molar-refractivity contribution in [1.29, 1.82) is 0 Å². The minimum Gasteiger partial charge on any atom is -0.463 e. The summed E-state index contributed by atoms with van der Waals surface area (Å²) in [6, 6.07) is 8.64. The number of hydrogen-bond acceptors (Lipinski definition) is 4. The molecular weight excluding hydrogens is 302 g/mol. The molecule has 5 nitrogen and oxygen atoms in total. The van der Waals surface area contributed by atoms with Gasteiger partial charge in [0.05, 0.1) is 12.9 Å². The van der Waals surface area contributed by atoms with Crippen molar-refractivity contribution in [2.24, 2.45) is 0 Å². The Morgan fingerprint density at radius 3 is 3.04 bits per heavy atom. The van der Waals surface area contributed by atoms with Crippen LogP contribution >= 0.6 is 0 Å². The molecule has 1 saturated heterocycles. The Labute approximate surface area is 142 Å². The van der Waals surface area contributed by atoms with Crippen molar-refractivity contribution >= 4 is 11.7 Å². The molecule has 0 aliphatic carbocycles. The van der Waals surface area contributed by atoms with E-state index in [4.69, 9.17) is 4.74 Å². The molecule has 0 saturated carbocycles. The van der Waals surface area contributed by atoms with Crippen molar-refractivity contribution < 1.29 is 9.53 Å². The van der Waals surface area contributed by atoms with Gasteiger partial charge < -0.3 is 14.2 Å². The fraction of sp³-hybridized carbons (Fsp3) is 0.368. The van der Waals surface area contributed by atoms with Crippen LogP contribution in [0.4, 0.5) is 5.69 Å². The molecular formula is C19H23N3O2. The Balaban J connectivity index is 1.80. The Morgan fingerprint density at radius 2 is 2.25 bits per heavy atom. The van der Waals surface area contributed by atoms with Crippen molar-refractivity contribution in [3.8, 4) is 5.69 Å². The van der Waals surface area contributed by atoms with Gasteiger partial charge in [-0.3, -0.25) is 0 Å². The zero-order valence-corrected chi connectivity index (χ0v) is 14.0. The van der Waals surface area contributed by atoms with E-state index in [-0.39, 0.29) is 12.0 Å². The number of anilines is 1. The molecule has 1 unspecified atom stereocenters. The van der Waals surface area contributed by atoms with Gasteiger partial charge in [0, 0.05) is 42.4 Å². The number of nitrogens with zero attached hydrogens (tertiary/aromatic N) is 3. The lowest BCUT2D eigenvalue weighted by Crippen LogP contribution is -2.38. The molecule has 0 bridgehead atoms. The molecule has 1 aromatic carbocycles. The lowest BCUT2D eigenvalue weighted by Gasteiger charge is -2.36. The van der Waals surface area contributed by atoms with E-state index in [2.05, 4.69) is 34.1 Å². The van der Waals surface area contributed by atoms with Crippen LogP contribution in [-0.2, 0) is 9.53 Å². The summed E-state index contributed by atoms with van der Waals surface area (Å²) < 4.78 is 6.98. The van der Waals surface area contributed by atoms with E-state index in [9.17, 15) is 4.79 Å². The first-order chi connectivity index (χ1) is 11.8. The molecule has 1 fully saturated rings. The number of benzene rings is 1. The molecule has 1 atom stereocenters. The molecule has 2 heterocycles. The van der Waals surface area contributed by atoms with Crippen molar-refractivity contribution in [2.45, 2.75) is 32.2 Å². The van der Waals surface area contributed by atoms with Crippen LogP contribution in [-0.4, -0.2) is 34.7 Å². The molecule has 2 aromatic rings. The number of carbonyl (C=O) groups is 1. The van der Waals surface area contributed by atoms with Crippen molar-refractivity contribution in [3.05, 3.63) is 55.1 Å². The van der Waals surface area contributed by atoms with E-state index in [1.54, 1.807) is 18.6 Å². The smallest absolute Gasteiger partial charge is 0.330 e. The van der Waals surface area contributed by atoms with Crippen molar-refractivity contribution in [2.75, 3.05) is 18.1 Å². The van der Waals surface area contributed by atoms with Gasteiger partial charge in [0.2, 0.25) is 0 Å². The van der Waals surface area contributed by atoms with Crippen molar-refractivity contribution in [3.63, 3.8) is 0 Å². The summed E-state index contributed by atoms with van der Waals surface area (Å²) in [5.74, 6) is -0.268. The van der Waals surface area contributed by atoms with Gasteiger partial charge in [-0.25, -0.2) is 9.78 Å². The Morgan fingerprint density at radius 1 is 1.38 bits per heavy atom. The first-order valence-electron chi connectivity index (χ1n) is 8.48. The van der Waals surface area contributed by atoms with Crippen LogP contribution in [0.3, 0.4) is 0 Å². The Kier molecular flexibility index (Phi) is 5.31. The number of piperidine rings is 1. The van der Waals surface area contributed by atoms with Gasteiger partial charge in [0.25, 0.3) is 0 Å². The van der Waals surface area contributed by atoms with Gasteiger partial charge in [-0.2, -0.15) is 0 Å². The van der Waals surface area contributed by atoms with Crippen LogP contribution < -0.4 is 4.90 Å². The maximum absolute atomic E-state index is 11.6. The van der Waals surface area contributed by atoms with Crippen LogP contribution in [0.5, 0.6) is 0 Å². The normalized spacial score (nSPS) is 18.0. The van der Waals surface area contributed by atoms with E-state index >= 15 is 0 Å². The molecule has 5 heteroatoms. The van der Waals surface area contributed by atoms with E-state index in [1.165, 1.54) is 18.5 Å². The van der Waals surface area contributed by atoms with Gasteiger partial charge in [0.15, 0.2) is 0 Å². The number of hydrogen-bond donors (Lipinski definition) is 0. The van der Waals surface area contributed by atoms with Crippen LogP contribution in [0.1, 0.15) is 26.2 Å². The maximum Gasteiger partial charge on any atom is 0.330 e.